The summed E-state index contributed by atoms with van der Waals surface area (Å²) in [5.41, 5.74) is 5.68. The normalized spacial score (nSPS) is 13.5. The van der Waals surface area contributed by atoms with Gasteiger partial charge in [0.05, 0.1) is 12.1 Å². The van der Waals surface area contributed by atoms with E-state index in [2.05, 4.69) is 5.16 Å². The van der Waals surface area contributed by atoms with Crippen molar-refractivity contribution >= 4 is 11.8 Å². The zero-order valence-electron chi connectivity index (χ0n) is 13.6. The van der Waals surface area contributed by atoms with Crippen molar-refractivity contribution in [2.45, 2.75) is 33.2 Å². The van der Waals surface area contributed by atoms with Gasteiger partial charge in [-0.05, 0) is 43.5 Å². The van der Waals surface area contributed by atoms with Crippen molar-refractivity contribution in [1.29, 1.82) is 0 Å². The van der Waals surface area contributed by atoms with Crippen LogP contribution in [-0.2, 0) is 24.2 Å². The van der Waals surface area contributed by atoms with Crippen LogP contribution in [0.25, 0.3) is 0 Å². The summed E-state index contributed by atoms with van der Waals surface area (Å²) >= 11 is 0. The average Bonchev–Trinajstić information content (AvgIpc) is 2.92. The Bertz CT molecular complexity index is 778. The van der Waals surface area contributed by atoms with E-state index >= 15 is 0 Å². The van der Waals surface area contributed by atoms with E-state index in [0.29, 0.717) is 30.8 Å². The Morgan fingerprint density at radius 1 is 1.33 bits per heavy atom. The molecule has 0 bridgehead atoms. The number of hydrogen-bond donors (Lipinski definition) is 2. The van der Waals surface area contributed by atoms with Gasteiger partial charge in [-0.15, -0.1) is 0 Å². The third kappa shape index (κ3) is 3.03. The Labute approximate surface area is 139 Å². The van der Waals surface area contributed by atoms with Gasteiger partial charge in [0.1, 0.15) is 5.76 Å². The van der Waals surface area contributed by atoms with Crippen LogP contribution in [0.4, 0.5) is 0 Å². The number of fused-ring (bicyclic) bond motifs is 1. The lowest BCUT2D eigenvalue weighted by Crippen LogP contribution is -2.37. The number of carbonyl (C=O) groups excluding carboxylic acids is 2. The number of amides is 2. The number of aryl methyl sites for hydroxylation is 2. The number of benzene rings is 1. The van der Waals surface area contributed by atoms with Crippen molar-refractivity contribution in [2.24, 2.45) is 0 Å². The summed E-state index contributed by atoms with van der Waals surface area (Å²) in [6.45, 7) is 4.75. The van der Waals surface area contributed by atoms with Crippen LogP contribution in [0.15, 0.2) is 22.7 Å². The SMILES string of the molecule is Cc1noc(C)c1CC(=O)N1CCc2cc(C(=O)NO)ccc2C1. The molecule has 2 aromatic rings. The highest BCUT2D eigenvalue weighted by Crippen LogP contribution is 2.22. The Morgan fingerprint density at radius 3 is 2.79 bits per heavy atom. The molecular weight excluding hydrogens is 310 g/mol. The maximum Gasteiger partial charge on any atom is 0.274 e. The van der Waals surface area contributed by atoms with Crippen molar-refractivity contribution in [1.82, 2.24) is 15.5 Å². The summed E-state index contributed by atoms with van der Waals surface area (Å²) in [4.78, 5) is 25.8. The minimum Gasteiger partial charge on any atom is -0.361 e. The van der Waals surface area contributed by atoms with Crippen molar-refractivity contribution < 1.29 is 19.3 Å². The van der Waals surface area contributed by atoms with Crippen LogP contribution in [0.2, 0.25) is 0 Å². The number of rotatable bonds is 3. The van der Waals surface area contributed by atoms with Crippen molar-refractivity contribution in [3.8, 4) is 0 Å². The standard InChI is InChI=1S/C17H19N3O4/c1-10-15(11(2)24-19-10)8-16(21)20-6-5-12-7-13(17(22)18-23)3-4-14(12)9-20/h3-4,7,23H,5-6,8-9H2,1-2H3,(H,18,22). The lowest BCUT2D eigenvalue weighted by Gasteiger charge is -2.29. The van der Waals surface area contributed by atoms with E-state index in [1.807, 2.05) is 19.9 Å². The smallest absolute Gasteiger partial charge is 0.274 e. The number of carbonyl (C=O) groups is 2. The third-order valence-electron chi connectivity index (χ3n) is 4.44. The summed E-state index contributed by atoms with van der Waals surface area (Å²) in [6, 6.07) is 5.24. The molecule has 0 aliphatic carbocycles. The molecule has 126 valence electrons. The van der Waals surface area contributed by atoms with Gasteiger partial charge in [-0.25, -0.2) is 5.48 Å². The van der Waals surface area contributed by atoms with Crippen LogP contribution in [-0.4, -0.2) is 33.6 Å². The zero-order chi connectivity index (χ0) is 17.3. The molecule has 7 heteroatoms. The van der Waals surface area contributed by atoms with E-state index in [0.717, 1.165) is 22.4 Å². The maximum atomic E-state index is 12.6. The van der Waals surface area contributed by atoms with Crippen LogP contribution in [0.3, 0.4) is 0 Å². The minimum absolute atomic E-state index is 0.0345. The second-order valence-corrected chi connectivity index (χ2v) is 5.97. The first kappa shape index (κ1) is 16.2. The van der Waals surface area contributed by atoms with Crippen LogP contribution in [0, 0.1) is 13.8 Å². The van der Waals surface area contributed by atoms with Gasteiger partial charge in [0.25, 0.3) is 5.91 Å². The van der Waals surface area contributed by atoms with E-state index in [4.69, 9.17) is 9.73 Å². The van der Waals surface area contributed by atoms with Crippen molar-refractivity contribution in [2.75, 3.05) is 6.54 Å². The zero-order valence-corrected chi connectivity index (χ0v) is 13.6. The molecule has 1 aromatic carbocycles. The maximum absolute atomic E-state index is 12.6. The first-order chi connectivity index (χ1) is 11.5. The largest absolute Gasteiger partial charge is 0.361 e. The Balaban J connectivity index is 1.73. The van der Waals surface area contributed by atoms with Gasteiger partial charge in [0, 0.05) is 24.2 Å². The molecule has 0 radical (unpaired) electrons. The molecule has 0 spiro atoms. The monoisotopic (exact) mass is 329 g/mol. The number of hydroxylamine groups is 1. The van der Waals surface area contributed by atoms with E-state index < -0.39 is 5.91 Å². The molecule has 3 rings (SSSR count). The molecule has 2 heterocycles. The van der Waals surface area contributed by atoms with Crippen LogP contribution < -0.4 is 5.48 Å². The van der Waals surface area contributed by atoms with E-state index in [1.165, 1.54) is 0 Å². The molecule has 1 aromatic heterocycles. The molecule has 1 aliphatic rings. The molecule has 2 N–H and O–H groups in total. The molecule has 1 aliphatic heterocycles. The average molecular weight is 329 g/mol. The molecule has 0 saturated heterocycles. The van der Waals surface area contributed by atoms with Gasteiger partial charge in [-0.2, -0.15) is 0 Å². The van der Waals surface area contributed by atoms with Crippen molar-refractivity contribution in [3.05, 3.63) is 51.9 Å². The predicted molar refractivity (Wildman–Crippen MR) is 84.5 cm³/mol. The first-order valence-corrected chi connectivity index (χ1v) is 7.75. The number of hydrogen-bond acceptors (Lipinski definition) is 5. The van der Waals surface area contributed by atoms with E-state index in [-0.39, 0.29) is 12.3 Å². The van der Waals surface area contributed by atoms with Gasteiger partial charge in [0.15, 0.2) is 0 Å². The lowest BCUT2D eigenvalue weighted by molar-refractivity contribution is -0.131. The van der Waals surface area contributed by atoms with Crippen LogP contribution >= 0.6 is 0 Å². The molecule has 0 saturated carbocycles. The summed E-state index contributed by atoms with van der Waals surface area (Å²) in [7, 11) is 0. The predicted octanol–water partition coefficient (Wildman–Crippen LogP) is 1.54. The molecular formula is C17H19N3O4. The Morgan fingerprint density at radius 2 is 2.12 bits per heavy atom. The highest BCUT2D eigenvalue weighted by atomic mass is 16.5. The number of nitrogens with one attached hydrogen (secondary N) is 1. The second kappa shape index (κ2) is 6.45. The van der Waals surface area contributed by atoms with Gasteiger partial charge in [0.2, 0.25) is 5.91 Å². The first-order valence-electron chi connectivity index (χ1n) is 7.75. The summed E-state index contributed by atoms with van der Waals surface area (Å²) in [5.74, 6) is 0.180. The molecule has 0 atom stereocenters. The molecule has 0 fully saturated rings. The molecule has 7 nitrogen and oxygen atoms in total. The molecule has 0 unspecified atom stereocenters. The quantitative estimate of drug-likeness (QED) is 0.658. The third-order valence-corrected chi connectivity index (χ3v) is 4.44. The fraction of sp³-hybridized carbons (Fsp3) is 0.353. The van der Waals surface area contributed by atoms with Gasteiger partial charge in [-0.1, -0.05) is 11.2 Å². The van der Waals surface area contributed by atoms with Gasteiger partial charge < -0.3 is 9.42 Å². The lowest BCUT2D eigenvalue weighted by atomic mass is 9.96. The second-order valence-electron chi connectivity index (χ2n) is 5.97. The van der Waals surface area contributed by atoms with Crippen LogP contribution in [0.1, 0.15) is 38.5 Å². The fourth-order valence-electron chi connectivity index (χ4n) is 2.99. The van der Waals surface area contributed by atoms with E-state index in [1.54, 1.807) is 22.5 Å². The van der Waals surface area contributed by atoms with Crippen LogP contribution in [0.5, 0.6) is 0 Å². The van der Waals surface area contributed by atoms with E-state index in [9.17, 15) is 9.59 Å². The Hall–Kier alpha value is -2.67. The summed E-state index contributed by atoms with van der Waals surface area (Å²) < 4.78 is 5.11. The highest BCUT2D eigenvalue weighted by molar-refractivity contribution is 5.93. The Kier molecular flexibility index (Phi) is 4.35. The highest BCUT2D eigenvalue weighted by Gasteiger charge is 2.23. The van der Waals surface area contributed by atoms with Gasteiger partial charge in [-0.3, -0.25) is 14.8 Å². The molecule has 2 amide bonds. The fourth-order valence-corrected chi connectivity index (χ4v) is 2.99. The summed E-state index contributed by atoms with van der Waals surface area (Å²) in [5, 5.41) is 12.6. The van der Waals surface area contributed by atoms with Gasteiger partial charge >= 0.3 is 0 Å². The number of aromatic nitrogens is 1. The number of nitrogens with zero attached hydrogens (tertiary/aromatic N) is 2. The summed E-state index contributed by atoms with van der Waals surface area (Å²) in [6.07, 6.45) is 0.955. The van der Waals surface area contributed by atoms with Crippen molar-refractivity contribution in [3.63, 3.8) is 0 Å². The molecule has 24 heavy (non-hydrogen) atoms. The minimum atomic E-state index is -0.533. The topological polar surface area (TPSA) is 95.7 Å².